The predicted octanol–water partition coefficient (Wildman–Crippen LogP) is 0.556. The molecule has 0 saturated carbocycles. The Kier molecular flexibility index (Phi) is 3.54. The van der Waals surface area contributed by atoms with Crippen LogP contribution in [0.1, 0.15) is 18.7 Å². The molecule has 3 rings (SSSR count). The molecule has 2 aromatic rings. The van der Waals surface area contributed by atoms with Crippen LogP contribution >= 0.6 is 0 Å². The lowest BCUT2D eigenvalue weighted by atomic mass is 10.2. The Hall–Kier alpha value is -1.73. The molecular formula is C13H20N6O. The largest absolute Gasteiger partial charge is 0.383 e. The Balaban J connectivity index is 1.74. The van der Waals surface area contributed by atoms with E-state index in [2.05, 4.69) is 27.0 Å². The highest BCUT2D eigenvalue weighted by atomic mass is 16.5. The number of nitrogen functional groups attached to an aromatic ring is 1. The average molecular weight is 276 g/mol. The molecule has 0 amide bonds. The normalized spacial score (nSPS) is 19.2. The second-order valence-corrected chi connectivity index (χ2v) is 5.36. The maximum atomic E-state index is 5.96. The van der Waals surface area contributed by atoms with Gasteiger partial charge >= 0.3 is 0 Å². The van der Waals surface area contributed by atoms with E-state index in [9.17, 15) is 0 Å². The molecule has 1 fully saturated rings. The number of rotatable bonds is 4. The average Bonchev–Trinajstić information content (AvgIpc) is 3.00. The van der Waals surface area contributed by atoms with Crippen LogP contribution in [0.5, 0.6) is 0 Å². The monoisotopic (exact) mass is 276 g/mol. The van der Waals surface area contributed by atoms with Gasteiger partial charge in [-0.05, 0) is 19.9 Å². The van der Waals surface area contributed by atoms with E-state index in [1.165, 1.54) is 0 Å². The quantitative estimate of drug-likeness (QED) is 0.878. The fourth-order valence-corrected chi connectivity index (χ4v) is 2.60. The van der Waals surface area contributed by atoms with E-state index in [0.29, 0.717) is 18.5 Å². The Morgan fingerprint density at radius 3 is 3.10 bits per heavy atom. The second kappa shape index (κ2) is 5.34. The van der Waals surface area contributed by atoms with Crippen molar-refractivity contribution < 1.29 is 4.74 Å². The molecule has 1 saturated heterocycles. The summed E-state index contributed by atoms with van der Waals surface area (Å²) in [5.74, 6) is 1.21. The third-order valence-corrected chi connectivity index (χ3v) is 3.62. The van der Waals surface area contributed by atoms with Gasteiger partial charge in [0.15, 0.2) is 5.65 Å². The van der Waals surface area contributed by atoms with Crippen LogP contribution in [-0.4, -0.2) is 51.0 Å². The van der Waals surface area contributed by atoms with Crippen LogP contribution in [0.15, 0.2) is 6.20 Å². The van der Waals surface area contributed by atoms with Gasteiger partial charge in [-0.25, -0.2) is 9.97 Å². The first-order chi connectivity index (χ1) is 9.63. The maximum absolute atomic E-state index is 5.96. The van der Waals surface area contributed by atoms with Crippen LogP contribution in [0.4, 0.5) is 5.82 Å². The van der Waals surface area contributed by atoms with Crippen molar-refractivity contribution in [2.45, 2.75) is 25.5 Å². The van der Waals surface area contributed by atoms with Crippen LogP contribution < -0.4 is 5.73 Å². The predicted molar refractivity (Wildman–Crippen MR) is 76.0 cm³/mol. The number of nitrogens with zero attached hydrogens (tertiary/aromatic N) is 5. The summed E-state index contributed by atoms with van der Waals surface area (Å²) in [6.45, 7) is 2.43. The molecule has 0 bridgehead atoms. The fourth-order valence-electron chi connectivity index (χ4n) is 2.60. The van der Waals surface area contributed by atoms with Crippen molar-refractivity contribution in [2.75, 3.05) is 25.9 Å². The number of ether oxygens (including phenoxy) is 1. The van der Waals surface area contributed by atoms with Crippen LogP contribution in [-0.2, 0) is 18.3 Å². The number of aryl methyl sites for hydroxylation is 1. The van der Waals surface area contributed by atoms with Crippen molar-refractivity contribution in [3.05, 3.63) is 12.0 Å². The Morgan fingerprint density at radius 2 is 2.35 bits per heavy atom. The number of nitrogens with two attached hydrogens (primary N) is 1. The number of hydrogen-bond acceptors (Lipinski definition) is 6. The molecule has 108 valence electrons. The van der Waals surface area contributed by atoms with Gasteiger partial charge in [-0.15, -0.1) is 0 Å². The van der Waals surface area contributed by atoms with Gasteiger partial charge in [-0.3, -0.25) is 9.58 Å². The first-order valence-corrected chi connectivity index (χ1v) is 6.87. The van der Waals surface area contributed by atoms with Crippen molar-refractivity contribution in [2.24, 2.45) is 7.05 Å². The third-order valence-electron chi connectivity index (χ3n) is 3.62. The standard InChI is InChI=1S/C13H20N6O/c1-18(7-9-4-3-5-20-9)8-11-16-12(14)10-6-15-19(2)13(10)17-11/h6,9H,3-5,7-8H2,1-2H3,(H2,14,16,17). The van der Waals surface area contributed by atoms with E-state index >= 15 is 0 Å². The third kappa shape index (κ3) is 2.59. The molecule has 0 radical (unpaired) electrons. The highest BCUT2D eigenvalue weighted by molar-refractivity contribution is 5.84. The fraction of sp³-hybridized carbons (Fsp3) is 0.615. The first kappa shape index (κ1) is 13.3. The van der Waals surface area contributed by atoms with E-state index in [1.54, 1.807) is 10.9 Å². The van der Waals surface area contributed by atoms with Crippen LogP contribution in [0.3, 0.4) is 0 Å². The summed E-state index contributed by atoms with van der Waals surface area (Å²) in [7, 11) is 3.91. The topological polar surface area (TPSA) is 82.1 Å². The minimum Gasteiger partial charge on any atom is -0.383 e. The van der Waals surface area contributed by atoms with Gasteiger partial charge in [0.2, 0.25) is 0 Å². The summed E-state index contributed by atoms with van der Waals surface area (Å²) < 4.78 is 7.36. The molecule has 0 aliphatic carbocycles. The van der Waals surface area contributed by atoms with E-state index in [1.807, 2.05) is 7.05 Å². The van der Waals surface area contributed by atoms with E-state index in [0.717, 1.165) is 42.9 Å². The summed E-state index contributed by atoms with van der Waals surface area (Å²) in [6.07, 6.45) is 4.32. The van der Waals surface area contributed by atoms with Gasteiger partial charge in [0.05, 0.1) is 24.2 Å². The van der Waals surface area contributed by atoms with Gasteiger partial charge in [0, 0.05) is 20.2 Å². The van der Waals surface area contributed by atoms with Crippen molar-refractivity contribution in [3.8, 4) is 0 Å². The molecule has 1 atom stereocenters. The molecule has 0 aromatic carbocycles. The van der Waals surface area contributed by atoms with Gasteiger partial charge in [0.25, 0.3) is 0 Å². The smallest absolute Gasteiger partial charge is 0.163 e. The number of fused-ring (bicyclic) bond motifs is 1. The van der Waals surface area contributed by atoms with E-state index < -0.39 is 0 Å². The summed E-state index contributed by atoms with van der Waals surface area (Å²) in [6, 6.07) is 0. The number of likely N-dealkylation sites (N-methyl/N-ethyl adjacent to an activating group) is 1. The lowest BCUT2D eigenvalue weighted by molar-refractivity contribution is 0.0787. The number of aromatic nitrogens is 4. The number of hydrogen-bond donors (Lipinski definition) is 1. The minimum atomic E-state index is 0.331. The molecule has 2 N–H and O–H groups in total. The summed E-state index contributed by atoms with van der Waals surface area (Å²) in [4.78, 5) is 11.1. The zero-order valence-electron chi connectivity index (χ0n) is 11.9. The van der Waals surface area contributed by atoms with Crippen LogP contribution in [0, 0.1) is 0 Å². The van der Waals surface area contributed by atoms with Gasteiger partial charge in [0.1, 0.15) is 11.6 Å². The van der Waals surface area contributed by atoms with E-state index in [-0.39, 0.29) is 0 Å². The molecule has 1 aliphatic heterocycles. The van der Waals surface area contributed by atoms with Crippen molar-refractivity contribution in [3.63, 3.8) is 0 Å². The Bertz CT molecular complexity index is 604. The van der Waals surface area contributed by atoms with Gasteiger partial charge in [-0.2, -0.15) is 5.10 Å². The van der Waals surface area contributed by atoms with Crippen LogP contribution in [0.25, 0.3) is 11.0 Å². The zero-order chi connectivity index (χ0) is 14.1. The second-order valence-electron chi connectivity index (χ2n) is 5.36. The molecule has 20 heavy (non-hydrogen) atoms. The molecule has 2 aromatic heterocycles. The van der Waals surface area contributed by atoms with Crippen molar-refractivity contribution >= 4 is 16.9 Å². The first-order valence-electron chi connectivity index (χ1n) is 6.87. The van der Waals surface area contributed by atoms with E-state index in [4.69, 9.17) is 10.5 Å². The van der Waals surface area contributed by atoms with Crippen molar-refractivity contribution in [1.82, 2.24) is 24.6 Å². The molecule has 7 nitrogen and oxygen atoms in total. The highest BCUT2D eigenvalue weighted by Gasteiger charge is 2.18. The molecular weight excluding hydrogens is 256 g/mol. The maximum Gasteiger partial charge on any atom is 0.163 e. The lowest BCUT2D eigenvalue weighted by Crippen LogP contribution is -2.29. The molecule has 7 heteroatoms. The molecule has 1 aliphatic rings. The minimum absolute atomic E-state index is 0.331. The summed E-state index contributed by atoms with van der Waals surface area (Å²) in [5, 5.41) is 4.96. The van der Waals surface area contributed by atoms with Gasteiger partial charge in [-0.1, -0.05) is 0 Å². The van der Waals surface area contributed by atoms with Gasteiger partial charge < -0.3 is 10.5 Å². The number of anilines is 1. The SMILES string of the molecule is CN(Cc1nc(N)c2cnn(C)c2n1)CC1CCCO1. The Labute approximate surface area is 117 Å². The molecule has 3 heterocycles. The lowest BCUT2D eigenvalue weighted by Gasteiger charge is -2.19. The zero-order valence-corrected chi connectivity index (χ0v) is 11.9. The highest BCUT2D eigenvalue weighted by Crippen LogP contribution is 2.18. The molecule has 1 unspecified atom stereocenters. The molecule has 0 spiro atoms. The summed E-state index contributed by atoms with van der Waals surface area (Å²) >= 11 is 0. The van der Waals surface area contributed by atoms with Crippen molar-refractivity contribution in [1.29, 1.82) is 0 Å². The van der Waals surface area contributed by atoms with Crippen LogP contribution in [0.2, 0.25) is 0 Å². The summed E-state index contributed by atoms with van der Waals surface area (Å²) in [5.41, 5.74) is 6.74. The Morgan fingerprint density at radius 1 is 1.50 bits per heavy atom.